The smallest absolute Gasteiger partial charge is 0.243 e. The van der Waals surface area contributed by atoms with Crippen LogP contribution in [0.1, 0.15) is 37.7 Å². The number of hydrogen-bond acceptors (Lipinski definition) is 3. The highest BCUT2D eigenvalue weighted by Crippen LogP contribution is 2.39. The van der Waals surface area contributed by atoms with Gasteiger partial charge in [0.05, 0.1) is 4.90 Å². The minimum Gasteiger partial charge on any atom is -0.399 e. The van der Waals surface area contributed by atoms with Crippen LogP contribution < -0.4 is 5.73 Å². The topological polar surface area (TPSA) is 63.4 Å². The fourth-order valence-corrected chi connectivity index (χ4v) is 5.73. The third kappa shape index (κ3) is 2.44. The summed E-state index contributed by atoms with van der Waals surface area (Å²) in [6.07, 6.45) is 5.17. The highest BCUT2D eigenvalue weighted by atomic mass is 32.2. The van der Waals surface area contributed by atoms with Gasteiger partial charge in [-0.05, 0) is 44.2 Å². The molecular weight excluding hydrogens is 291 g/mol. The molecule has 1 heterocycles. The van der Waals surface area contributed by atoms with Crippen molar-refractivity contribution in [3.8, 4) is 0 Å². The standard InChI is InChI=1S/C15H21FN2O2S/c1-10-13(16)8-12(17)9-15(10)21(19,20)18-7-6-11-4-2-3-5-14(11)18/h8-9,11,14H,2-7,17H2,1H3. The Kier molecular flexibility index (Phi) is 3.69. The SMILES string of the molecule is Cc1c(F)cc(N)cc1S(=O)(=O)N1CCC2CCCCC21. The number of halogens is 1. The number of nitrogen functional groups attached to an aromatic ring is 1. The van der Waals surface area contributed by atoms with Gasteiger partial charge in [-0.3, -0.25) is 0 Å². The predicted molar refractivity (Wildman–Crippen MR) is 79.8 cm³/mol. The van der Waals surface area contributed by atoms with E-state index < -0.39 is 15.8 Å². The van der Waals surface area contributed by atoms with Crippen LogP contribution in [0.2, 0.25) is 0 Å². The van der Waals surface area contributed by atoms with Crippen LogP contribution in [0.5, 0.6) is 0 Å². The largest absolute Gasteiger partial charge is 0.399 e. The zero-order valence-electron chi connectivity index (χ0n) is 12.2. The Labute approximate surface area is 125 Å². The number of fused-ring (bicyclic) bond motifs is 1. The molecule has 1 aliphatic carbocycles. The van der Waals surface area contributed by atoms with Crippen LogP contribution in [0, 0.1) is 18.7 Å². The van der Waals surface area contributed by atoms with Crippen molar-refractivity contribution in [3.63, 3.8) is 0 Å². The maximum absolute atomic E-state index is 13.8. The predicted octanol–water partition coefficient (Wildman–Crippen LogP) is 2.67. The van der Waals surface area contributed by atoms with E-state index in [0.29, 0.717) is 12.5 Å². The molecule has 1 aliphatic heterocycles. The number of rotatable bonds is 2. The van der Waals surface area contributed by atoms with E-state index in [9.17, 15) is 12.8 Å². The minimum absolute atomic E-state index is 0.0197. The van der Waals surface area contributed by atoms with E-state index in [2.05, 4.69) is 0 Å². The molecule has 0 bridgehead atoms. The van der Waals surface area contributed by atoms with Gasteiger partial charge >= 0.3 is 0 Å². The van der Waals surface area contributed by atoms with Gasteiger partial charge in [0.15, 0.2) is 0 Å². The van der Waals surface area contributed by atoms with Crippen LogP contribution >= 0.6 is 0 Å². The fraction of sp³-hybridized carbons (Fsp3) is 0.600. The summed E-state index contributed by atoms with van der Waals surface area (Å²) in [5.41, 5.74) is 5.94. The number of nitrogens with two attached hydrogens (primary N) is 1. The molecule has 0 aromatic heterocycles. The molecule has 2 N–H and O–H groups in total. The summed E-state index contributed by atoms with van der Waals surface area (Å²) < 4.78 is 41.2. The van der Waals surface area contributed by atoms with Crippen LogP contribution in [-0.2, 0) is 10.0 Å². The summed E-state index contributed by atoms with van der Waals surface area (Å²) in [6, 6.07) is 2.62. The summed E-state index contributed by atoms with van der Waals surface area (Å²) in [5.74, 6) is -0.104. The molecule has 1 saturated heterocycles. The lowest BCUT2D eigenvalue weighted by molar-refractivity contribution is 0.260. The summed E-state index contributed by atoms with van der Waals surface area (Å²) in [5, 5.41) is 0. The second-order valence-electron chi connectivity index (χ2n) is 6.14. The molecule has 116 valence electrons. The molecule has 1 saturated carbocycles. The minimum atomic E-state index is -3.67. The van der Waals surface area contributed by atoms with Crippen molar-refractivity contribution in [2.75, 3.05) is 12.3 Å². The molecule has 1 aromatic carbocycles. The van der Waals surface area contributed by atoms with Crippen LogP contribution in [0.25, 0.3) is 0 Å². The Morgan fingerprint density at radius 3 is 2.71 bits per heavy atom. The summed E-state index contributed by atoms with van der Waals surface area (Å²) in [7, 11) is -3.67. The molecule has 21 heavy (non-hydrogen) atoms. The number of hydrogen-bond donors (Lipinski definition) is 1. The molecule has 2 aliphatic rings. The fourth-order valence-electron chi connectivity index (χ4n) is 3.73. The number of sulfonamides is 1. The van der Waals surface area contributed by atoms with Crippen molar-refractivity contribution >= 4 is 15.7 Å². The van der Waals surface area contributed by atoms with E-state index in [1.165, 1.54) is 25.5 Å². The van der Waals surface area contributed by atoms with Gasteiger partial charge in [-0.15, -0.1) is 0 Å². The first-order valence-corrected chi connectivity index (χ1v) is 8.92. The van der Waals surface area contributed by atoms with E-state index in [1.54, 1.807) is 4.31 Å². The Morgan fingerprint density at radius 1 is 1.24 bits per heavy atom. The average molecular weight is 312 g/mol. The molecule has 1 aromatic rings. The maximum Gasteiger partial charge on any atom is 0.243 e. The molecule has 0 spiro atoms. The van der Waals surface area contributed by atoms with Crippen LogP contribution in [0.4, 0.5) is 10.1 Å². The Bertz CT molecular complexity index is 660. The van der Waals surface area contributed by atoms with E-state index in [0.717, 1.165) is 25.7 Å². The normalized spacial score (nSPS) is 26.8. The highest BCUT2D eigenvalue weighted by molar-refractivity contribution is 7.89. The van der Waals surface area contributed by atoms with Crippen LogP contribution in [-0.4, -0.2) is 25.3 Å². The summed E-state index contributed by atoms with van der Waals surface area (Å²) >= 11 is 0. The molecule has 0 radical (unpaired) electrons. The lowest BCUT2D eigenvalue weighted by Crippen LogP contribution is -2.39. The van der Waals surface area contributed by atoms with E-state index in [-0.39, 0.29) is 22.2 Å². The highest BCUT2D eigenvalue weighted by Gasteiger charge is 2.42. The third-order valence-electron chi connectivity index (χ3n) is 4.86. The zero-order valence-corrected chi connectivity index (χ0v) is 13.0. The van der Waals surface area contributed by atoms with Crippen molar-refractivity contribution in [2.24, 2.45) is 5.92 Å². The molecule has 0 amide bonds. The van der Waals surface area contributed by atoms with E-state index in [1.807, 2.05) is 0 Å². The second kappa shape index (κ2) is 5.25. The van der Waals surface area contributed by atoms with Gasteiger partial charge in [0.2, 0.25) is 10.0 Å². The molecule has 3 rings (SSSR count). The van der Waals surface area contributed by atoms with E-state index in [4.69, 9.17) is 5.73 Å². The molecule has 4 nitrogen and oxygen atoms in total. The Hall–Kier alpha value is -1.14. The first kappa shape index (κ1) is 14.8. The van der Waals surface area contributed by atoms with Gasteiger partial charge in [-0.1, -0.05) is 12.8 Å². The Morgan fingerprint density at radius 2 is 1.95 bits per heavy atom. The van der Waals surface area contributed by atoms with Crippen molar-refractivity contribution < 1.29 is 12.8 Å². The van der Waals surface area contributed by atoms with Crippen molar-refractivity contribution in [2.45, 2.75) is 50.0 Å². The van der Waals surface area contributed by atoms with Crippen molar-refractivity contribution in [3.05, 3.63) is 23.5 Å². The van der Waals surface area contributed by atoms with Gasteiger partial charge in [-0.2, -0.15) is 4.31 Å². The van der Waals surface area contributed by atoms with Gasteiger partial charge in [0.25, 0.3) is 0 Å². The molecule has 2 unspecified atom stereocenters. The summed E-state index contributed by atoms with van der Waals surface area (Å²) in [6.45, 7) is 2.03. The average Bonchev–Trinajstić information content (AvgIpc) is 2.87. The Balaban J connectivity index is 2.01. The molecule has 6 heteroatoms. The molecule has 2 atom stereocenters. The zero-order chi connectivity index (χ0) is 15.2. The van der Waals surface area contributed by atoms with Crippen LogP contribution in [0.15, 0.2) is 17.0 Å². The summed E-state index contributed by atoms with van der Waals surface area (Å²) in [4.78, 5) is 0.0197. The second-order valence-corrected chi connectivity index (χ2v) is 8.00. The third-order valence-corrected chi connectivity index (χ3v) is 6.92. The number of anilines is 1. The first-order valence-electron chi connectivity index (χ1n) is 7.48. The lowest BCUT2D eigenvalue weighted by Gasteiger charge is -2.31. The monoisotopic (exact) mass is 312 g/mol. The van der Waals surface area contributed by atoms with Crippen molar-refractivity contribution in [1.29, 1.82) is 0 Å². The molecule has 2 fully saturated rings. The maximum atomic E-state index is 13.8. The van der Waals surface area contributed by atoms with Gasteiger partial charge in [0, 0.05) is 23.8 Å². The van der Waals surface area contributed by atoms with Gasteiger partial charge in [-0.25, -0.2) is 12.8 Å². The quantitative estimate of drug-likeness (QED) is 0.854. The van der Waals surface area contributed by atoms with Gasteiger partial charge in [0.1, 0.15) is 5.82 Å². The van der Waals surface area contributed by atoms with Crippen molar-refractivity contribution in [1.82, 2.24) is 4.31 Å². The lowest BCUT2D eigenvalue weighted by atomic mass is 9.86. The first-order chi connectivity index (χ1) is 9.91. The van der Waals surface area contributed by atoms with Crippen LogP contribution in [0.3, 0.4) is 0 Å². The number of nitrogens with zero attached hydrogens (tertiary/aromatic N) is 1. The molecular formula is C15H21FN2O2S. The number of benzene rings is 1. The van der Waals surface area contributed by atoms with Gasteiger partial charge < -0.3 is 5.73 Å². The van der Waals surface area contributed by atoms with E-state index >= 15 is 0 Å².